The molecule has 28 heavy (non-hydrogen) atoms. The third-order valence-electron chi connectivity index (χ3n) is 4.91. The van der Waals surface area contributed by atoms with Gasteiger partial charge in [-0.3, -0.25) is 9.59 Å². The van der Waals surface area contributed by atoms with Crippen LogP contribution in [0.3, 0.4) is 0 Å². The minimum atomic E-state index is -1.06. The second kappa shape index (κ2) is 8.22. The fraction of sp³-hybridized carbons (Fsp3) is 0.286. The van der Waals surface area contributed by atoms with Crippen LogP contribution in [0.25, 0.3) is 0 Å². The number of carboxylic acids is 1. The SMILES string of the molecule is COC1CC(C(=O)O)N(C(=O)c2ccc(C)c(NC(=O)c3ccccc3)c2)C1. The molecule has 1 saturated heterocycles. The van der Waals surface area contributed by atoms with Crippen LogP contribution in [0.5, 0.6) is 0 Å². The van der Waals surface area contributed by atoms with E-state index in [0.717, 1.165) is 5.56 Å². The molecule has 0 aliphatic carbocycles. The minimum absolute atomic E-state index is 0.214. The molecule has 0 spiro atoms. The number of hydrogen-bond donors (Lipinski definition) is 2. The van der Waals surface area contributed by atoms with E-state index < -0.39 is 17.9 Å². The molecule has 2 aromatic carbocycles. The van der Waals surface area contributed by atoms with Crippen molar-refractivity contribution >= 4 is 23.5 Å². The lowest BCUT2D eigenvalue weighted by atomic mass is 10.1. The highest BCUT2D eigenvalue weighted by Crippen LogP contribution is 2.25. The van der Waals surface area contributed by atoms with Crippen molar-refractivity contribution in [3.05, 3.63) is 65.2 Å². The van der Waals surface area contributed by atoms with Crippen molar-refractivity contribution in [2.75, 3.05) is 19.0 Å². The molecule has 1 aliphatic heterocycles. The Morgan fingerprint density at radius 2 is 1.82 bits per heavy atom. The maximum Gasteiger partial charge on any atom is 0.326 e. The molecule has 1 fully saturated rings. The highest BCUT2D eigenvalue weighted by molar-refractivity contribution is 6.05. The van der Waals surface area contributed by atoms with Crippen molar-refractivity contribution in [2.45, 2.75) is 25.5 Å². The number of benzene rings is 2. The number of amides is 2. The molecule has 7 heteroatoms. The van der Waals surface area contributed by atoms with Crippen LogP contribution in [-0.4, -0.2) is 53.6 Å². The lowest BCUT2D eigenvalue weighted by Crippen LogP contribution is -2.40. The third-order valence-corrected chi connectivity index (χ3v) is 4.91. The van der Waals surface area contributed by atoms with Gasteiger partial charge in [-0.1, -0.05) is 24.3 Å². The number of ether oxygens (including phenoxy) is 1. The summed E-state index contributed by atoms with van der Waals surface area (Å²) in [4.78, 5) is 38.2. The van der Waals surface area contributed by atoms with E-state index >= 15 is 0 Å². The molecule has 2 aromatic rings. The molecule has 7 nitrogen and oxygen atoms in total. The van der Waals surface area contributed by atoms with Crippen LogP contribution < -0.4 is 5.32 Å². The number of nitrogens with zero attached hydrogens (tertiary/aromatic N) is 1. The Labute approximate surface area is 162 Å². The van der Waals surface area contributed by atoms with Gasteiger partial charge in [0.05, 0.1) is 6.10 Å². The van der Waals surface area contributed by atoms with Gasteiger partial charge >= 0.3 is 5.97 Å². The molecule has 2 N–H and O–H groups in total. The topological polar surface area (TPSA) is 95.9 Å². The van der Waals surface area contributed by atoms with Crippen molar-refractivity contribution in [3.63, 3.8) is 0 Å². The highest BCUT2D eigenvalue weighted by atomic mass is 16.5. The molecule has 2 unspecified atom stereocenters. The van der Waals surface area contributed by atoms with Crippen LogP contribution in [0.4, 0.5) is 5.69 Å². The number of methoxy groups -OCH3 is 1. The summed E-state index contributed by atoms with van der Waals surface area (Å²) in [6, 6.07) is 12.8. The summed E-state index contributed by atoms with van der Waals surface area (Å²) in [6.07, 6.45) is -0.0612. The second-order valence-corrected chi connectivity index (χ2v) is 6.75. The molecule has 2 atom stereocenters. The quantitative estimate of drug-likeness (QED) is 0.829. The second-order valence-electron chi connectivity index (χ2n) is 6.75. The van der Waals surface area contributed by atoms with Crippen LogP contribution >= 0.6 is 0 Å². The maximum atomic E-state index is 12.9. The number of rotatable bonds is 5. The van der Waals surface area contributed by atoms with E-state index in [4.69, 9.17) is 4.74 Å². The first-order chi connectivity index (χ1) is 13.4. The van der Waals surface area contributed by atoms with Gasteiger partial charge < -0.3 is 20.1 Å². The van der Waals surface area contributed by atoms with Gasteiger partial charge in [0.25, 0.3) is 11.8 Å². The Bertz CT molecular complexity index is 897. The molecule has 146 valence electrons. The van der Waals surface area contributed by atoms with Gasteiger partial charge in [0.2, 0.25) is 0 Å². The Balaban J connectivity index is 1.83. The molecule has 2 amide bonds. The number of carbonyl (C=O) groups excluding carboxylic acids is 2. The lowest BCUT2D eigenvalue weighted by Gasteiger charge is -2.22. The van der Waals surface area contributed by atoms with Crippen LogP contribution in [0.2, 0.25) is 0 Å². The van der Waals surface area contributed by atoms with E-state index in [9.17, 15) is 19.5 Å². The summed E-state index contributed by atoms with van der Waals surface area (Å²) in [6.45, 7) is 2.04. The molecular formula is C21H22N2O5. The van der Waals surface area contributed by atoms with Crippen LogP contribution in [-0.2, 0) is 9.53 Å². The average Bonchev–Trinajstić information content (AvgIpc) is 3.14. The number of aryl methyl sites for hydroxylation is 1. The average molecular weight is 382 g/mol. The number of aliphatic carboxylic acids is 1. The summed E-state index contributed by atoms with van der Waals surface area (Å²) in [5.74, 6) is -1.74. The monoisotopic (exact) mass is 382 g/mol. The van der Waals surface area contributed by atoms with Gasteiger partial charge in [0.1, 0.15) is 6.04 Å². The van der Waals surface area contributed by atoms with E-state index in [2.05, 4.69) is 5.32 Å². The fourth-order valence-electron chi connectivity index (χ4n) is 3.27. The van der Waals surface area contributed by atoms with Crippen LogP contribution in [0, 0.1) is 6.92 Å². The van der Waals surface area contributed by atoms with Crippen LogP contribution in [0.1, 0.15) is 32.7 Å². The van der Waals surface area contributed by atoms with Gasteiger partial charge in [-0.25, -0.2) is 4.79 Å². The lowest BCUT2D eigenvalue weighted by molar-refractivity contribution is -0.141. The van der Waals surface area contributed by atoms with E-state index in [1.807, 2.05) is 13.0 Å². The summed E-state index contributed by atoms with van der Waals surface area (Å²) in [5, 5.41) is 12.2. The van der Waals surface area contributed by atoms with Crippen molar-refractivity contribution in [1.29, 1.82) is 0 Å². The first kappa shape index (κ1) is 19.6. The molecule has 0 saturated carbocycles. The van der Waals surface area contributed by atoms with Gasteiger partial charge in [-0.05, 0) is 36.8 Å². The van der Waals surface area contributed by atoms with E-state index in [0.29, 0.717) is 16.8 Å². The summed E-state index contributed by atoms with van der Waals surface area (Å²) >= 11 is 0. The number of nitrogens with one attached hydrogen (secondary N) is 1. The number of likely N-dealkylation sites (tertiary alicyclic amines) is 1. The molecule has 0 aromatic heterocycles. The number of hydrogen-bond acceptors (Lipinski definition) is 4. The Hall–Kier alpha value is -3.19. The van der Waals surface area contributed by atoms with E-state index in [1.165, 1.54) is 12.0 Å². The fourth-order valence-corrected chi connectivity index (χ4v) is 3.27. The smallest absolute Gasteiger partial charge is 0.326 e. The van der Waals surface area contributed by atoms with Crippen molar-refractivity contribution in [1.82, 2.24) is 4.90 Å². The normalized spacial score (nSPS) is 18.7. The standard InChI is InChI=1S/C21H22N2O5/c1-13-8-9-15(10-17(13)22-19(24)14-6-4-3-5-7-14)20(25)23-12-16(28-2)11-18(23)21(26)27/h3-10,16,18H,11-12H2,1-2H3,(H,22,24)(H,26,27). The van der Waals surface area contributed by atoms with E-state index in [1.54, 1.807) is 42.5 Å². The first-order valence-electron chi connectivity index (χ1n) is 8.94. The molecule has 0 radical (unpaired) electrons. The number of anilines is 1. The van der Waals surface area contributed by atoms with Crippen molar-refractivity contribution in [3.8, 4) is 0 Å². The number of carboxylic acid groups (broad SMARTS) is 1. The Kier molecular flexibility index (Phi) is 5.75. The zero-order chi connectivity index (χ0) is 20.3. The zero-order valence-corrected chi connectivity index (χ0v) is 15.7. The van der Waals surface area contributed by atoms with Gasteiger partial charge in [0.15, 0.2) is 0 Å². The summed E-state index contributed by atoms with van der Waals surface area (Å²) in [7, 11) is 1.50. The highest BCUT2D eigenvalue weighted by Gasteiger charge is 2.40. The van der Waals surface area contributed by atoms with Crippen LogP contribution in [0.15, 0.2) is 48.5 Å². The minimum Gasteiger partial charge on any atom is -0.480 e. The van der Waals surface area contributed by atoms with Gasteiger partial charge in [-0.15, -0.1) is 0 Å². The summed E-state index contributed by atoms with van der Waals surface area (Å²) < 4.78 is 5.24. The molecule has 1 heterocycles. The summed E-state index contributed by atoms with van der Waals surface area (Å²) in [5.41, 5.74) is 2.13. The molecular weight excluding hydrogens is 360 g/mol. The third kappa shape index (κ3) is 4.04. The predicted octanol–water partition coefficient (Wildman–Crippen LogP) is 2.56. The molecule has 1 aliphatic rings. The largest absolute Gasteiger partial charge is 0.480 e. The Morgan fingerprint density at radius 1 is 1.11 bits per heavy atom. The first-order valence-corrected chi connectivity index (χ1v) is 8.94. The zero-order valence-electron chi connectivity index (χ0n) is 15.7. The predicted molar refractivity (Wildman–Crippen MR) is 103 cm³/mol. The molecule has 0 bridgehead atoms. The van der Waals surface area contributed by atoms with Gasteiger partial charge in [-0.2, -0.15) is 0 Å². The number of carbonyl (C=O) groups is 3. The molecule has 3 rings (SSSR count). The van der Waals surface area contributed by atoms with E-state index in [-0.39, 0.29) is 25.0 Å². The maximum absolute atomic E-state index is 12.9. The van der Waals surface area contributed by atoms with Crippen molar-refractivity contribution in [2.24, 2.45) is 0 Å². The van der Waals surface area contributed by atoms with Crippen molar-refractivity contribution < 1.29 is 24.2 Å². The van der Waals surface area contributed by atoms with Gasteiger partial charge in [0, 0.05) is 36.9 Å². The Morgan fingerprint density at radius 3 is 2.46 bits per heavy atom.